The van der Waals surface area contributed by atoms with E-state index in [1.807, 2.05) is 37.3 Å². The molecule has 0 aromatic heterocycles. The number of fused-ring (bicyclic) bond motifs is 1. The first-order valence-corrected chi connectivity index (χ1v) is 9.09. The van der Waals surface area contributed by atoms with Crippen LogP contribution in [0.3, 0.4) is 0 Å². The van der Waals surface area contributed by atoms with Crippen LogP contribution < -0.4 is 10.6 Å². The Morgan fingerprint density at radius 2 is 2.00 bits per heavy atom. The van der Waals surface area contributed by atoms with E-state index in [0.29, 0.717) is 11.4 Å². The average molecular weight is 370 g/mol. The number of esters is 1. The van der Waals surface area contributed by atoms with E-state index in [1.165, 1.54) is 11.8 Å². The number of nitrogens with one attached hydrogen (secondary N) is 2. The van der Waals surface area contributed by atoms with E-state index < -0.39 is 5.97 Å². The van der Waals surface area contributed by atoms with Gasteiger partial charge in [-0.15, -0.1) is 11.8 Å². The summed E-state index contributed by atoms with van der Waals surface area (Å²) in [6, 6.07) is 14.3. The fourth-order valence-corrected chi connectivity index (χ4v) is 3.32. The predicted molar refractivity (Wildman–Crippen MR) is 99.1 cm³/mol. The van der Waals surface area contributed by atoms with Crippen LogP contribution in [-0.4, -0.2) is 30.1 Å². The minimum Gasteiger partial charge on any atom is -0.452 e. The number of carbonyl (C=O) groups is 3. The third-order valence-corrected chi connectivity index (χ3v) is 4.93. The molecule has 1 atom stereocenters. The lowest BCUT2D eigenvalue weighted by Gasteiger charge is -2.17. The van der Waals surface area contributed by atoms with Crippen LogP contribution in [-0.2, 0) is 14.3 Å². The van der Waals surface area contributed by atoms with Gasteiger partial charge in [-0.05, 0) is 30.7 Å². The molecular formula is C19H18N2O4S. The van der Waals surface area contributed by atoms with Crippen molar-refractivity contribution in [3.05, 3.63) is 59.7 Å². The zero-order chi connectivity index (χ0) is 18.5. The molecule has 2 aromatic rings. The number of anilines is 1. The molecule has 1 unspecified atom stereocenters. The van der Waals surface area contributed by atoms with Gasteiger partial charge < -0.3 is 15.4 Å². The molecule has 1 aliphatic heterocycles. The first kappa shape index (κ1) is 18.0. The fraction of sp³-hybridized carbons (Fsp3) is 0.211. The number of hydrogen-bond acceptors (Lipinski definition) is 5. The highest BCUT2D eigenvalue weighted by molar-refractivity contribution is 8.00. The van der Waals surface area contributed by atoms with Crippen molar-refractivity contribution in [1.82, 2.24) is 5.32 Å². The number of thioether (sulfide) groups is 1. The molecule has 7 heteroatoms. The van der Waals surface area contributed by atoms with Gasteiger partial charge in [0.05, 0.1) is 23.0 Å². The highest BCUT2D eigenvalue weighted by Crippen LogP contribution is 2.32. The molecule has 0 saturated heterocycles. The van der Waals surface area contributed by atoms with Gasteiger partial charge in [0.2, 0.25) is 5.91 Å². The summed E-state index contributed by atoms with van der Waals surface area (Å²) in [5.41, 5.74) is 1.84. The maximum Gasteiger partial charge on any atom is 0.338 e. The molecule has 0 saturated carbocycles. The molecule has 2 amide bonds. The van der Waals surface area contributed by atoms with Gasteiger partial charge in [-0.3, -0.25) is 9.59 Å². The lowest BCUT2D eigenvalue weighted by molar-refractivity contribution is -0.124. The minimum absolute atomic E-state index is 0.109. The minimum atomic E-state index is -0.611. The van der Waals surface area contributed by atoms with Crippen LogP contribution in [0.25, 0.3) is 0 Å². The maximum absolute atomic E-state index is 12.2. The van der Waals surface area contributed by atoms with Crippen LogP contribution in [0.15, 0.2) is 53.4 Å². The number of benzene rings is 2. The molecule has 1 heterocycles. The van der Waals surface area contributed by atoms with Crippen molar-refractivity contribution < 1.29 is 19.1 Å². The van der Waals surface area contributed by atoms with Crippen molar-refractivity contribution in [3.63, 3.8) is 0 Å². The summed E-state index contributed by atoms with van der Waals surface area (Å²) in [4.78, 5) is 36.5. The van der Waals surface area contributed by atoms with Crippen LogP contribution in [0.1, 0.15) is 28.9 Å². The third kappa shape index (κ3) is 4.43. The molecule has 0 bridgehead atoms. The van der Waals surface area contributed by atoms with Gasteiger partial charge in [-0.2, -0.15) is 0 Å². The molecule has 0 aliphatic carbocycles. The Kier molecular flexibility index (Phi) is 5.58. The van der Waals surface area contributed by atoms with E-state index in [2.05, 4.69) is 10.6 Å². The van der Waals surface area contributed by atoms with Crippen molar-refractivity contribution in [2.24, 2.45) is 0 Å². The Morgan fingerprint density at radius 3 is 2.77 bits per heavy atom. The topological polar surface area (TPSA) is 84.5 Å². The zero-order valence-corrected chi connectivity index (χ0v) is 15.0. The van der Waals surface area contributed by atoms with E-state index in [1.54, 1.807) is 18.2 Å². The van der Waals surface area contributed by atoms with Gasteiger partial charge in [-0.1, -0.05) is 30.3 Å². The Morgan fingerprint density at radius 1 is 1.23 bits per heavy atom. The van der Waals surface area contributed by atoms with Crippen molar-refractivity contribution in [1.29, 1.82) is 0 Å². The summed E-state index contributed by atoms with van der Waals surface area (Å²) in [6.07, 6.45) is 0. The Hall–Kier alpha value is -2.80. The molecule has 2 aromatic carbocycles. The van der Waals surface area contributed by atoms with Crippen LogP contribution in [0, 0.1) is 0 Å². The summed E-state index contributed by atoms with van der Waals surface area (Å²) < 4.78 is 5.07. The normalized spacial score (nSPS) is 14.0. The highest BCUT2D eigenvalue weighted by atomic mass is 32.2. The van der Waals surface area contributed by atoms with Crippen molar-refractivity contribution in [2.75, 3.05) is 17.7 Å². The largest absolute Gasteiger partial charge is 0.452 e. The molecule has 134 valence electrons. The van der Waals surface area contributed by atoms with Crippen molar-refractivity contribution in [2.45, 2.75) is 17.9 Å². The number of amides is 2. The smallest absolute Gasteiger partial charge is 0.338 e. The first-order valence-electron chi connectivity index (χ1n) is 8.11. The fourth-order valence-electron chi connectivity index (χ4n) is 2.53. The summed E-state index contributed by atoms with van der Waals surface area (Å²) in [6.45, 7) is 1.49. The predicted octanol–water partition coefficient (Wildman–Crippen LogP) is 2.77. The Labute approximate surface area is 155 Å². The molecule has 3 rings (SSSR count). The van der Waals surface area contributed by atoms with Gasteiger partial charge in [0.25, 0.3) is 5.91 Å². The summed E-state index contributed by atoms with van der Waals surface area (Å²) in [7, 11) is 0. The zero-order valence-electron chi connectivity index (χ0n) is 14.2. The molecule has 26 heavy (non-hydrogen) atoms. The Bertz CT molecular complexity index is 839. The van der Waals surface area contributed by atoms with Gasteiger partial charge in [0, 0.05) is 4.90 Å². The van der Waals surface area contributed by atoms with E-state index in [-0.39, 0.29) is 30.0 Å². The van der Waals surface area contributed by atoms with Gasteiger partial charge in [0.15, 0.2) is 6.61 Å². The molecule has 6 nitrogen and oxygen atoms in total. The maximum atomic E-state index is 12.2. The van der Waals surface area contributed by atoms with Crippen molar-refractivity contribution >= 4 is 35.2 Å². The quantitative estimate of drug-likeness (QED) is 0.791. The third-order valence-electron chi connectivity index (χ3n) is 3.86. The molecule has 1 aliphatic rings. The number of carbonyl (C=O) groups excluding carboxylic acids is 3. The standard InChI is InChI=1S/C19H18N2O4S/c1-12(13-5-3-2-4-6-13)20-17(22)10-25-19(24)14-7-8-16-15(9-14)21-18(23)11-26-16/h2-9,12H,10-11H2,1H3,(H,20,22)(H,21,23). The monoisotopic (exact) mass is 370 g/mol. The molecule has 0 fully saturated rings. The second-order valence-electron chi connectivity index (χ2n) is 5.82. The van der Waals surface area contributed by atoms with E-state index in [9.17, 15) is 14.4 Å². The SMILES string of the molecule is CC(NC(=O)COC(=O)c1ccc2c(c1)NC(=O)CS2)c1ccccc1. The number of hydrogen-bond donors (Lipinski definition) is 2. The van der Waals surface area contributed by atoms with Crippen molar-refractivity contribution in [3.8, 4) is 0 Å². The van der Waals surface area contributed by atoms with E-state index in [0.717, 1.165) is 10.5 Å². The number of ether oxygens (including phenoxy) is 1. The molecule has 2 N–H and O–H groups in total. The molecule has 0 radical (unpaired) electrons. The first-order chi connectivity index (χ1) is 12.5. The summed E-state index contributed by atoms with van der Waals surface area (Å²) in [5, 5.41) is 5.50. The van der Waals surface area contributed by atoms with Crippen LogP contribution in [0.4, 0.5) is 5.69 Å². The summed E-state index contributed by atoms with van der Waals surface area (Å²) >= 11 is 1.41. The van der Waals surface area contributed by atoms with Crippen LogP contribution >= 0.6 is 11.8 Å². The van der Waals surface area contributed by atoms with E-state index in [4.69, 9.17) is 4.74 Å². The van der Waals surface area contributed by atoms with Gasteiger partial charge in [0.1, 0.15) is 0 Å². The lowest BCUT2D eigenvalue weighted by Crippen LogP contribution is -2.31. The molecule has 0 spiro atoms. The second kappa shape index (κ2) is 8.05. The van der Waals surface area contributed by atoms with E-state index >= 15 is 0 Å². The summed E-state index contributed by atoms with van der Waals surface area (Å²) in [5.74, 6) is -0.740. The van der Waals surface area contributed by atoms with Gasteiger partial charge >= 0.3 is 5.97 Å². The lowest BCUT2D eigenvalue weighted by atomic mass is 10.1. The second-order valence-corrected chi connectivity index (χ2v) is 6.84. The molecular weight excluding hydrogens is 352 g/mol. The van der Waals surface area contributed by atoms with Gasteiger partial charge in [-0.25, -0.2) is 4.79 Å². The van der Waals surface area contributed by atoms with Crippen LogP contribution in [0.5, 0.6) is 0 Å². The average Bonchev–Trinajstić information content (AvgIpc) is 2.66. The Balaban J connectivity index is 1.54. The van der Waals surface area contributed by atoms with Crippen LogP contribution in [0.2, 0.25) is 0 Å². The highest BCUT2D eigenvalue weighted by Gasteiger charge is 2.18. The number of rotatable bonds is 5.